The number of likely N-dealkylation sites (tertiary alicyclic amines) is 1. The van der Waals surface area contributed by atoms with Gasteiger partial charge in [-0.25, -0.2) is 0 Å². The maximum absolute atomic E-state index is 6.17. The monoisotopic (exact) mass is 397 g/mol. The number of hydrogen-bond donors (Lipinski definition) is 0. The van der Waals surface area contributed by atoms with Crippen LogP contribution in [0, 0.1) is 6.08 Å². The first-order valence-corrected chi connectivity index (χ1v) is 11.1. The molecule has 0 radical (unpaired) electrons. The molecule has 30 heavy (non-hydrogen) atoms. The summed E-state index contributed by atoms with van der Waals surface area (Å²) >= 11 is 0. The normalized spacial score (nSPS) is 20.9. The van der Waals surface area contributed by atoms with Crippen molar-refractivity contribution in [2.45, 2.75) is 25.2 Å². The van der Waals surface area contributed by atoms with Crippen LogP contribution in [-0.4, -0.2) is 38.2 Å². The van der Waals surface area contributed by atoms with Crippen LogP contribution >= 0.6 is 0 Å². The number of hydrogen-bond acceptors (Lipinski definition) is 3. The molecule has 1 unspecified atom stereocenters. The van der Waals surface area contributed by atoms with Gasteiger partial charge in [-0.2, -0.15) is 0 Å². The third-order valence-corrected chi connectivity index (χ3v) is 6.43. The van der Waals surface area contributed by atoms with Crippen LogP contribution in [0.5, 0.6) is 0 Å². The predicted octanol–water partition coefficient (Wildman–Crippen LogP) is 5.28. The van der Waals surface area contributed by atoms with Gasteiger partial charge in [-0.15, -0.1) is 0 Å². The van der Waals surface area contributed by atoms with Gasteiger partial charge in [0.1, 0.15) is 6.61 Å². The fourth-order valence-corrected chi connectivity index (χ4v) is 4.86. The van der Waals surface area contributed by atoms with Crippen LogP contribution in [0.3, 0.4) is 0 Å². The van der Waals surface area contributed by atoms with E-state index in [0.717, 1.165) is 18.9 Å². The second-order valence-corrected chi connectivity index (χ2v) is 8.33. The maximum Gasteiger partial charge on any atom is 0.289 e. The van der Waals surface area contributed by atoms with Gasteiger partial charge in [0.2, 0.25) is 0 Å². The topological polar surface area (TPSA) is 15.7 Å². The SMILES string of the molecule is CN1C2=C([C+]=C(OCCN3CCCCC3)C=C2)C(c2ccccc2)c2ccccc21. The van der Waals surface area contributed by atoms with Gasteiger partial charge in [-0.1, -0.05) is 55.0 Å². The molecule has 3 heteroatoms. The van der Waals surface area contributed by atoms with Crippen LogP contribution in [0.1, 0.15) is 36.3 Å². The molecule has 2 aliphatic heterocycles. The highest BCUT2D eigenvalue weighted by Gasteiger charge is 2.38. The largest absolute Gasteiger partial charge is 0.464 e. The Morgan fingerprint density at radius 3 is 2.53 bits per heavy atom. The summed E-state index contributed by atoms with van der Waals surface area (Å²) in [6, 6.07) is 19.4. The van der Waals surface area contributed by atoms with E-state index in [0.29, 0.717) is 0 Å². The number of nitrogens with zero attached hydrogens (tertiary/aromatic N) is 2. The Morgan fingerprint density at radius 2 is 1.70 bits per heavy atom. The Bertz CT molecular complexity index is 983. The molecule has 3 aliphatic rings. The van der Waals surface area contributed by atoms with Crippen molar-refractivity contribution in [1.29, 1.82) is 0 Å². The summed E-state index contributed by atoms with van der Waals surface area (Å²) in [6.45, 7) is 4.12. The highest BCUT2D eigenvalue weighted by atomic mass is 16.5. The summed E-state index contributed by atoms with van der Waals surface area (Å²) in [5.74, 6) is 1.01. The van der Waals surface area contributed by atoms with Crippen molar-refractivity contribution in [2.24, 2.45) is 0 Å². The lowest BCUT2D eigenvalue weighted by molar-refractivity contribution is 0.147. The fraction of sp³-hybridized carbons (Fsp3) is 0.333. The van der Waals surface area contributed by atoms with Gasteiger partial charge in [0, 0.05) is 13.6 Å². The lowest BCUT2D eigenvalue weighted by atomic mass is 9.79. The molecule has 3 nitrogen and oxygen atoms in total. The Kier molecular flexibility index (Phi) is 5.40. The minimum absolute atomic E-state index is 0.166. The Morgan fingerprint density at radius 1 is 0.933 bits per heavy atom. The van der Waals surface area contributed by atoms with Crippen molar-refractivity contribution in [3.8, 4) is 0 Å². The highest BCUT2D eigenvalue weighted by molar-refractivity contribution is 5.71. The zero-order valence-electron chi connectivity index (χ0n) is 17.7. The molecule has 5 rings (SSSR count). The van der Waals surface area contributed by atoms with Crippen molar-refractivity contribution in [3.63, 3.8) is 0 Å². The molecule has 0 spiro atoms. The third-order valence-electron chi connectivity index (χ3n) is 6.43. The van der Waals surface area contributed by atoms with Crippen LogP contribution in [0.15, 0.2) is 83.8 Å². The average molecular weight is 398 g/mol. The Labute approximate surface area is 180 Å². The van der Waals surface area contributed by atoms with E-state index in [1.807, 2.05) is 0 Å². The van der Waals surface area contributed by atoms with Crippen LogP contribution in [0.25, 0.3) is 0 Å². The second kappa shape index (κ2) is 8.47. The molecule has 1 aliphatic carbocycles. The van der Waals surface area contributed by atoms with Gasteiger partial charge in [-0.05, 0) is 43.1 Å². The number of anilines is 1. The summed E-state index contributed by atoms with van der Waals surface area (Å²) in [4.78, 5) is 4.79. The predicted molar refractivity (Wildman–Crippen MR) is 122 cm³/mol. The zero-order valence-corrected chi connectivity index (χ0v) is 17.7. The van der Waals surface area contributed by atoms with E-state index < -0.39 is 0 Å². The Balaban J connectivity index is 1.43. The number of allylic oxidation sites excluding steroid dienone is 4. The lowest BCUT2D eigenvalue weighted by Gasteiger charge is -2.31. The van der Waals surface area contributed by atoms with Crippen molar-refractivity contribution in [3.05, 3.63) is 101 Å². The molecule has 1 fully saturated rings. The Hall–Kier alpha value is -2.87. The van der Waals surface area contributed by atoms with E-state index in [1.165, 1.54) is 60.4 Å². The van der Waals surface area contributed by atoms with E-state index in [2.05, 4.69) is 89.7 Å². The number of piperidine rings is 1. The van der Waals surface area contributed by atoms with E-state index in [4.69, 9.17) is 4.74 Å². The van der Waals surface area contributed by atoms with Crippen LogP contribution in [0.2, 0.25) is 0 Å². The first-order valence-electron chi connectivity index (χ1n) is 11.1. The number of likely N-dealkylation sites (N-methyl/N-ethyl adjacent to an activating group) is 1. The molecule has 2 heterocycles. The molecule has 2 aromatic carbocycles. The second-order valence-electron chi connectivity index (χ2n) is 8.33. The number of ether oxygens (including phenoxy) is 1. The average Bonchev–Trinajstić information content (AvgIpc) is 2.81. The summed E-state index contributed by atoms with van der Waals surface area (Å²) in [5.41, 5.74) is 6.26. The molecule has 0 aromatic heterocycles. The van der Waals surface area contributed by atoms with Crippen LogP contribution < -0.4 is 4.90 Å². The number of para-hydroxylation sites is 1. The quantitative estimate of drug-likeness (QED) is 0.638. The van der Waals surface area contributed by atoms with Gasteiger partial charge in [0.15, 0.2) is 11.3 Å². The smallest absolute Gasteiger partial charge is 0.289 e. The molecule has 0 saturated carbocycles. The molecule has 0 amide bonds. The van der Waals surface area contributed by atoms with Crippen molar-refractivity contribution in [2.75, 3.05) is 38.2 Å². The summed E-state index contributed by atoms with van der Waals surface area (Å²) < 4.78 is 6.17. The maximum atomic E-state index is 6.17. The molecular weight excluding hydrogens is 368 g/mol. The van der Waals surface area contributed by atoms with Crippen molar-refractivity contribution in [1.82, 2.24) is 4.90 Å². The summed E-state index contributed by atoms with van der Waals surface area (Å²) in [5, 5.41) is 0. The molecule has 1 atom stereocenters. The molecule has 2 aromatic rings. The van der Waals surface area contributed by atoms with Crippen molar-refractivity contribution >= 4 is 5.69 Å². The van der Waals surface area contributed by atoms with Gasteiger partial charge in [0.05, 0.1) is 29.8 Å². The standard InChI is InChI=1S/C27H29N2O/c1-28-25-13-7-6-12-23(25)27(21-10-4-2-5-11-21)24-20-22(14-15-26(24)28)30-19-18-29-16-8-3-9-17-29/h2,4-7,10-15,27H,3,8-9,16-19H2,1H3/q+1. The summed E-state index contributed by atoms with van der Waals surface area (Å²) in [7, 11) is 2.14. The van der Waals surface area contributed by atoms with Gasteiger partial charge < -0.3 is 4.74 Å². The number of fused-ring (bicyclic) bond motifs is 1. The van der Waals surface area contributed by atoms with E-state index in [9.17, 15) is 0 Å². The highest BCUT2D eigenvalue weighted by Crippen LogP contribution is 2.46. The first-order chi connectivity index (χ1) is 14.8. The molecular formula is C27H29N2O+. The van der Waals surface area contributed by atoms with E-state index in [1.54, 1.807) is 0 Å². The van der Waals surface area contributed by atoms with Crippen molar-refractivity contribution < 1.29 is 4.74 Å². The van der Waals surface area contributed by atoms with Gasteiger partial charge >= 0.3 is 0 Å². The summed E-state index contributed by atoms with van der Waals surface area (Å²) in [6.07, 6.45) is 11.9. The molecule has 1 saturated heterocycles. The molecule has 0 N–H and O–H groups in total. The fourth-order valence-electron chi connectivity index (χ4n) is 4.86. The lowest BCUT2D eigenvalue weighted by Crippen LogP contribution is -2.32. The molecule has 152 valence electrons. The van der Waals surface area contributed by atoms with Crippen LogP contribution in [-0.2, 0) is 4.74 Å². The van der Waals surface area contributed by atoms with E-state index >= 15 is 0 Å². The van der Waals surface area contributed by atoms with E-state index in [-0.39, 0.29) is 5.92 Å². The minimum Gasteiger partial charge on any atom is -0.464 e. The van der Waals surface area contributed by atoms with Gasteiger partial charge in [0.25, 0.3) is 5.76 Å². The number of benzene rings is 2. The first kappa shape index (κ1) is 19.1. The van der Waals surface area contributed by atoms with Gasteiger partial charge in [-0.3, -0.25) is 9.80 Å². The number of rotatable bonds is 5. The minimum atomic E-state index is 0.166. The van der Waals surface area contributed by atoms with Crippen LogP contribution in [0.4, 0.5) is 5.69 Å². The zero-order chi connectivity index (χ0) is 20.3. The third kappa shape index (κ3) is 3.67. The molecule has 0 bridgehead atoms.